The number of hydrogen-bond acceptors (Lipinski definition) is 10. The Morgan fingerprint density at radius 3 is 2.54 bits per heavy atom. The molecule has 3 rings (SSSR count). The van der Waals surface area contributed by atoms with Gasteiger partial charge < -0.3 is 29.2 Å². The molecule has 1 aliphatic heterocycles. The minimum atomic E-state index is -3.75. The summed E-state index contributed by atoms with van der Waals surface area (Å²) in [7, 11) is -2.29. The third-order valence-corrected chi connectivity index (χ3v) is 7.68. The van der Waals surface area contributed by atoms with Crippen LogP contribution < -0.4 is 5.32 Å². The SMILES string of the molecule is CCC(NC(=O)C(CC(=O)N1CCOCC1)CS(=O)(=O)Cc1ccccc1)C(O)c1nnc(COC)o1. The molecule has 1 saturated heterocycles. The highest BCUT2D eigenvalue weighted by Crippen LogP contribution is 2.21. The molecule has 0 radical (unpaired) electrons. The molecule has 2 amide bonds. The van der Waals surface area contributed by atoms with Gasteiger partial charge in [0, 0.05) is 26.6 Å². The third kappa shape index (κ3) is 8.59. The van der Waals surface area contributed by atoms with E-state index in [1.165, 1.54) is 7.11 Å². The maximum absolute atomic E-state index is 13.3. The lowest BCUT2D eigenvalue weighted by Gasteiger charge is -2.29. The average Bonchev–Trinajstić information content (AvgIpc) is 3.36. The Morgan fingerprint density at radius 2 is 1.89 bits per heavy atom. The highest BCUT2D eigenvalue weighted by atomic mass is 32.2. The van der Waals surface area contributed by atoms with Crippen LogP contribution in [0.15, 0.2) is 34.7 Å². The van der Waals surface area contributed by atoms with Gasteiger partial charge in [-0.2, -0.15) is 0 Å². The lowest BCUT2D eigenvalue weighted by Crippen LogP contribution is -2.47. The number of amides is 2. The molecule has 37 heavy (non-hydrogen) atoms. The van der Waals surface area contributed by atoms with Crippen molar-refractivity contribution in [3.05, 3.63) is 47.7 Å². The Labute approximate surface area is 216 Å². The van der Waals surface area contributed by atoms with Crippen LogP contribution in [-0.2, 0) is 41.3 Å². The summed E-state index contributed by atoms with van der Waals surface area (Å²) in [5, 5.41) is 21.0. The summed E-state index contributed by atoms with van der Waals surface area (Å²) >= 11 is 0. The molecule has 1 aromatic carbocycles. The fourth-order valence-corrected chi connectivity index (χ4v) is 5.72. The van der Waals surface area contributed by atoms with Gasteiger partial charge in [-0.3, -0.25) is 9.59 Å². The highest BCUT2D eigenvalue weighted by molar-refractivity contribution is 7.90. The smallest absolute Gasteiger partial charge is 0.247 e. The molecule has 204 valence electrons. The summed E-state index contributed by atoms with van der Waals surface area (Å²) in [6.45, 7) is 3.32. The van der Waals surface area contributed by atoms with Crippen molar-refractivity contribution in [2.45, 2.75) is 44.3 Å². The number of hydrogen-bond donors (Lipinski definition) is 2. The number of methoxy groups -OCH3 is 1. The maximum Gasteiger partial charge on any atom is 0.247 e. The molecule has 13 heteroatoms. The van der Waals surface area contributed by atoms with Crippen LogP contribution in [0.4, 0.5) is 0 Å². The van der Waals surface area contributed by atoms with Gasteiger partial charge in [-0.25, -0.2) is 8.42 Å². The van der Waals surface area contributed by atoms with Gasteiger partial charge >= 0.3 is 0 Å². The van der Waals surface area contributed by atoms with Gasteiger partial charge in [-0.1, -0.05) is 37.3 Å². The molecule has 2 aromatic rings. The zero-order chi connectivity index (χ0) is 26.8. The fraction of sp³-hybridized carbons (Fsp3) is 0.583. The summed E-state index contributed by atoms with van der Waals surface area (Å²) in [5.41, 5.74) is 0.589. The number of nitrogens with one attached hydrogen (secondary N) is 1. The normalized spacial score (nSPS) is 16.7. The second-order valence-electron chi connectivity index (χ2n) is 8.87. The summed E-state index contributed by atoms with van der Waals surface area (Å²) in [6.07, 6.45) is -1.33. The van der Waals surface area contributed by atoms with E-state index in [0.29, 0.717) is 31.9 Å². The van der Waals surface area contributed by atoms with Crippen molar-refractivity contribution in [3.63, 3.8) is 0 Å². The molecule has 2 N–H and O–H groups in total. The number of carbonyl (C=O) groups excluding carboxylic acids is 2. The number of sulfone groups is 1. The number of ether oxygens (including phenoxy) is 2. The predicted molar refractivity (Wildman–Crippen MR) is 132 cm³/mol. The van der Waals surface area contributed by atoms with E-state index in [1.54, 1.807) is 42.2 Å². The average molecular weight is 539 g/mol. The van der Waals surface area contributed by atoms with E-state index in [9.17, 15) is 23.1 Å². The van der Waals surface area contributed by atoms with Crippen LogP contribution in [0.2, 0.25) is 0 Å². The van der Waals surface area contributed by atoms with E-state index in [4.69, 9.17) is 13.9 Å². The number of nitrogens with zero attached hydrogens (tertiary/aromatic N) is 3. The second kappa shape index (κ2) is 13.6. The molecular formula is C24H34N4O8S. The number of aromatic nitrogens is 2. The molecule has 12 nitrogen and oxygen atoms in total. The van der Waals surface area contributed by atoms with Crippen LogP contribution in [0.1, 0.15) is 43.2 Å². The van der Waals surface area contributed by atoms with Crippen LogP contribution in [0.25, 0.3) is 0 Å². The number of rotatable bonds is 13. The zero-order valence-electron chi connectivity index (χ0n) is 21.0. The van der Waals surface area contributed by atoms with E-state index in [-0.39, 0.29) is 42.9 Å². The molecule has 0 aliphatic carbocycles. The van der Waals surface area contributed by atoms with Gasteiger partial charge in [-0.15, -0.1) is 10.2 Å². The monoisotopic (exact) mass is 538 g/mol. The van der Waals surface area contributed by atoms with Gasteiger partial charge in [-0.05, 0) is 12.0 Å². The minimum absolute atomic E-state index is 0.0634. The lowest BCUT2D eigenvalue weighted by atomic mass is 10.0. The Morgan fingerprint density at radius 1 is 1.19 bits per heavy atom. The second-order valence-corrected chi connectivity index (χ2v) is 11.0. The van der Waals surface area contributed by atoms with Crippen LogP contribution in [0.5, 0.6) is 0 Å². The highest BCUT2D eigenvalue weighted by Gasteiger charge is 2.33. The molecular weight excluding hydrogens is 504 g/mol. The number of morpholine rings is 1. The first-order valence-corrected chi connectivity index (χ1v) is 13.9. The van der Waals surface area contributed by atoms with Crippen LogP contribution in [0.3, 0.4) is 0 Å². The molecule has 3 atom stereocenters. The van der Waals surface area contributed by atoms with Gasteiger partial charge in [0.2, 0.25) is 23.6 Å². The van der Waals surface area contributed by atoms with Gasteiger partial charge in [0.05, 0.1) is 36.7 Å². The maximum atomic E-state index is 13.3. The fourth-order valence-electron chi connectivity index (χ4n) is 4.02. The van der Waals surface area contributed by atoms with Crippen molar-refractivity contribution in [1.29, 1.82) is 0 Å². The van der Waals surface area contributed by atoms with E-state index in [0.717, 1.165) is 0 Å². The number of benzene rings is 1. The lowest BCUT2D eigenvalue weighted by molar-refractivity contribution is -0.139. The third-order valence-electron chi connectivity index (χ3n) is 5.99. The standard InChI is InChI=1S/C24H34N4O8S/c1-3-19(22(30)24-27-26-20(36-24)14-34-2)25-23(31)18(13-21(29)28-9-11-35-12-10-28)16-37(32,33)15-17-7-5-4-6-8-17/h4-8,18-19,22,30H,3,9-16H2,1-2H3,(H,25,31). The number of aliphatic hydroxyl groups excluding tert-OH is 1. The van der Waals surface area contributed by atoms with Gasteiger partial charge in [0.25, 0.3) is 0 Å². The first-order valence-electron chi connectivity index (χ1n) is 12.1. The Kier molecular flexibility index (Phi) is 10.6. The van der Waals surface area contributed by atoms with Crippen molar-refractivity contribution in [2.24, 2.45) is 5.92 Å². The quantitative estimate of drug-likeness (QED) is 0.370. The summed E-state index contributed by atoms with van der Waals surface area (Å²) < 4.78 is 41.6. The van der Waals surface area contributed by atoms with Crippen molar-refractivity contribution in [2.75, 3.05) is 39.2 Å². The molecule has 0 saturated carbocycles. The van der Waals surface area contributed by atoms with Crippen LogP contribution in [0, 0.1) is 5.92 Å². The number of aliphatic hydroxyl groups is 1. The van der Waals surface area contributed by atoms with Crippen LogP contribution in [-0.4, -0.2) is 85.6 Å². The van der Waals surface area contributed by atoms with Crippen molar-refractivity contribution < 1.29 is 37.0 Å². The molecule has 1 fully saturated rings. The van der Waals surface area contributed by atoms with Gasteiger partial charge in [0.1, 0.15) is 6.61 Å². The summed E-state index contributed by atoms with van der Waals surface area (Å²) in [5.74, 6) is -2.84. The molecule has 1 aromatic heterocycles. The topological polar surface area (TPSA) is 161 Å². The molecule has 1 aliphatic rings. The Hall–Kier alpha value is -2.87. The largest absolute Gasteiger partial charge is 0.420 e. The summed E-state index contributed by atoms with van der Waals surface area (Å²) in [4.78, 5) is 27.8. The van der Waals surface area contributed by atoms with Crippen molar-refractivity contribution >= 4 is 21.7 Å². The van der Waals surface area contributed by atoms with E-state index in [2.05, 4.69) is 15.5 Å². The minimum Gasteiger partial charge on any atom is -0.420 e. The van der Waals surface area contributed by atoms with Crippen molar-refractivity contribution in [1.82, 2.24) is 20.4 Å². The molecule has 0 bridgehead atoms. The molecule has 0 spiro atoms. The van der Waals surface area contributed by atoms with E-state index < -0.39 is 39.6 Å². The first-order chi connectivity index (χ1) is 17.7. The van der Waals surface area contributed by atoms with Gasteiger partial charge in [0.15, 0.2) is 15.9 Å². The molecule has 3 unspecified atom stereocenters. The number of carbonyl (C=O) groups is 2. The van der Waals surface area contributed by atoms with E-state index >= 15 is 0 Å². The zero-order valence-corrected chi connectivity index (χ0v) is 21.9. The van der Waals surface area contributed by atoms with Crippen molar-refractivity contribution in [3.8, 4) is 0 Å². The Balaban J connectivity index is 1.75. The van der Waals surface area contributed by atoms with Crippen LogP contribution >= 0.6 is 0 Å². The Bertz CT molecular complexity index is 1120. The molecule has 2 heterocycles. The first kappa shape index (κ1) is 28.7. The summed E-state index contributed by atoms with van der Waals surface area (Å²) in [6, 6.07) is 7.79. The van der Waals surface area contributed by atoms with E-state index in [1.807, 2.05) is 0 Å². The predicted octanol–water partition coefficient (Wildman–Crippen LogP) is 0.624.